The molecule has 1 aromatic rings. The number of sulfonamides is 1. The lowest BCUT2D eigenvalue weighted by molar-refractivity contribution is -0.129. The van der Waals surface area contributed by atoms with E-state index in [1.807, 2.05) is 0 Å². The molecular formula is C22H34N4O5S. The highest BCUT2D eigenvalue weighted by Gasteiger charge is 2.36. The number of nitrogens with zero attached hydrogens (tertiary/aromatic N) is 1. The van der Waals surface area contributed by atoms with Gasteiger partial charge in [-0.25, -0.2) is 12.7 Å². The highest BCUT2D eigenvalue weighted by molar-refractivity contribution is 7.89. The third-order valence-electron chi connectivity index (χ3n) is 6.13. The largest absolute Gasteiger partial charge is 0.490 e. The van der Waals surface area contributed by atoms with E-state index < -0.39 is 33.8 Å². The fraction of sp³-hybridized carbons (Fsp3) is 0.636. The summed E-state index contributed by atoms with van der Waals surface area (Å²) in [5, 5.41) is 6.48. The zero-order valence-corrected chi connectivity index (χ0v) is 19.4. The Hall–Kier alpha value is -2.17. The summed E-state index contributed by atoms with van der Waals surface area (Å²) < 4.78 is 34.0. The predicted octanol–water partition coefficient (Wildman–Crippen LogP) is 0.988. The third kappa shape index (κ3) is 6.20. The number of nitrogens with two attached hydrogens (primary N) is 1. The van der Waals surface area contributed by atoms with Gasteiger partial charge in [0.2, 0.25) is 11.8 Å². The Kier molecular flexibility index (Phi) is 8.50. The minimum absolute atomic E-state index is 0.0514. The van der Waals surface area contributed by atoms with E-state index in [0.717, 1.165) is 30.2 Å². The summed E-state index contributed by atoms with van der Waals surface area (Å²) in [6, 6.07) is 5.88. The number of primary amides is 1. The Labute approximate surface area is 190 Å². The second kappa shape index (κ2) is 11.1. The van der Waals surface area contributed by atoms with Gasteiger partial charge in [-0.2, -0.15) is 0 Å². The zero-order chi connectivity index (χ0) is 23.1. The molecule has 2 heterocycles. The number of carbonyl (C=O) groups excluding carboxylic acids is 2. The molecule has 0 radical (unpaired) electrons. The molecular weight excluding hydrogens is 432 g/mol. The van der Waals surface area contributed by atoms with E-state index in [0.29, 0.717) is 31.7 Å². The Morgan fingerprint density at radius 1 is 1.06 bits per heavy atom. The minimum atomic E-state index is -4.04. The Balaban J connectivity index is 1.77. The predicted molar refractivity (Wildman–Crippen MR) is 120 cm³/mol. The lowest BCUT2D eigenvalue weighted by atomic mass is 10.0. The quantitative estimate of drug-likeness (QED) is 0.495. The van der Waals surface area contributed by atoms with E-state index in [-0.39, 0.29) is 23.8 Å². The lowest BCUT2D eigenvalue weighted by Gasteiger charge is -2.34. The van der Waals surface area contributed by atoms with Crippen molar-refractivity contribution in [1.82, 2.24) is 14.9 Å². The first-order valence-corrected chi connectivity index (χ1v) is 12.8. The first-order chi connectivity index (χ1) is 15.3. The standard InChI is InChI=1S/C22H34N4O5S/c1-16(22(23)28)2-7-21(27)26(17-8-12-24-13-9-17)32(29,30)20-5-3-18(4-6-20)31-19-10-14-25-15-11-19/h3-6,16-17,19,24-25H,2,7-15H2,1H3,(H2,23,28)/t16-/m0/s1. The number of benzene rings is 1. The van der Waals surface area contributed by atoms with Crippen molar-refractivity contribution >= 4 is 21.8 Å². The highest BCUT2D eigenvalue weighted by Crippen LogP contribution is 2.27. The van der Waals surface area contributed by atoms with E-state index in [2.05, 4.69) is 10.6 Å². The fourth-order valence-electron chi connectivity index (χ4n) is 4.08. The summed E-state index contributed by atoms with van der Waals surface area (Å²) in [5.74, 6) is -0.882. The average Bonchev–Trinajstić information content (AvgIpc) is 2.79. The van der Waals surface area contributed by atoms with Crippen molar-refractivity contribution in [3.05, 3.63) is 24.3 Å². The first-order valence-electron chi connectivity index (χ1n) is 11.3. The van der Waals surface area contributed by atoms with Gasteiger partial charge in [-0.1, -0.05) is 6.92 Å². The van der Waals surface area contributed by atoms with E-state index in [9.17, 15) is 18.0 Å². The molecule has 0 spiro atoms. The number of carbonyl (C=O) groups is 2. The Bertz CT molecular complexity index is 878. The van der Waals surface area contributed by atoms with Gasteiger partial charge >= 0.3 is 0 Å². The number of nitrogens with one attached hydrogen (secondary N) is 2. The van der Waals surface area contributed by atoms with E-state index in [4.69, 9.17) is 10.5 Å². The van der Waals surface area contributed by atoms with Gasteiger partial charge in [-0.15, -0.1) is 0 Å². The van der Waals surface area contributed by atoms with Gasteiger partial charge in [0.25, 0.3) is 10.0 Å². The van der Waals surface area contributed by atoms with Gasteiger partial charge in [-0.05, 0) is 82.5 Å². The maximum Gasteiger partial charge on any atom is 0.266 e. The molecule has 0 saturated carbocycles. The van der Waals surface area contributed by atoms with Crippen molar-refractivity contribution in [1.29, 1.82) is 0 Å². The van der Waals surface area contributed by atoms with Crippen LogP contribution in [-0.2, 0) is 19.6 Å². The monoisotopic (exact) mass is 466 g/mol. The second-order valence-electron chi connectivity index (χ2n) is 8.56. The molecule has 2 aliphatic heterocycles. The van der Waals surface area contributed by atoms with Crippen LogP contribution in [0.3, 0.4) is 0 Å². The molecule has 1 aromatic carbocycles. The minimum Gasteiger partial charge on any atom is -0.490 e. The van der Waals surface area contributed by atoms with Crippen molar-refractivity contribution in [2.45, 2.75) is 62.5 Å². The molecule has 0 aromatic heterocycles. The number of piperidine rings is 2. The second-order valence-corrected chi connectivity index (χ2v) is 10.4. The highest BCUT2D eigenvalue weighted by atomic mass is 32.2. The van der Waals surface area contributed by atoms with Gasteiger partial charge < -0.3 is 21.1 Å². The Morgan fingerprint density at radius 3 is 2.19 bits per heavy atom. The smallest absolute Gasteiger partial charge is 0.266 e. The van der Waals surface area contributed by atoms with Crippen molar-refractivity contribution < 1.29 is 22.7 Å². The lowest BCUT2D eigenvalue weighted by Crippen LogP contribution is -2.49. The van der Waals surface area contributed by atoms with Gasteiger partial charge in [0, 0.05) is 12.3 Å². The van der Waals surface area contributed by atoms with Crippen molar-refractivity contribution in [2.75, 3.05) is 26.2 Å². The maximum absolute atomic E-state index is 13.5. The molecule has 9 nitrogen and oxygen atoms in total. The van der Waals surface area contributed by atoms with Gasteiger partial charge in [0.15, 0.2) is 0 Å². The molecule has 3 rings (SSSR count). The van der Waals surface area contributed by atoms with Gasteiger partial charge in [0.05, 0.1) is 10.9 Å². The van der Waals surface area contributed by atoms with E-state index >= 15 is 0 Å². The summed E-state index contributed by atoms with van der Waals surface area (Å²) in [6.45, 7) is 4.73. The van der Waals surface area contributed by atoms with Crippen LogP contribution in [0.5, 0.6) is 5.75 Å². The van der Waals surface area contributed by atoms with E-state index in [1.165, 1.54) is 12.1 Å². The van der Waals surface area contributed by atoms with Crippen molar-refractivity contribution in [3.63, 3.8) is 0 Å². The van der Waals surface area contributed by atoms with Crippen LogP contribution in [0.2, 0.25) is 0 Å². The summed E-state index contributed by atoms with van der Waals surface area (Å²) >= 11 is 0. The van der Waals surface area contributed by atoms with Crippen LogP contribution in [0.4, 0.5) is 0 Å². The first kappa shape index (κ1) is 24.5. The zero-order valence-electron chi connectivity index (χ0n) is 18.6. The number of ether oxygens (including phenoxy) is 1. The van der Waals surface area contributed by atoms with Crippen LogP contribution in [0.1, 0.15) is 45.4 Å². The van der Waals surface area contributed by atoms with Crippen LogP contribution in [0.25, 0.3) is 0 Å². The number of amides is 2. The molecule has 0 aliphatic carbocycles. The molecule has 1 atom stereocenters. The van der Waals surface area contributed by atoms with E-state index in [1.54, 1.807) is 19.1 Å². The Morgan fingerprint density at radius 2 is 1.62 bits per heavy atom. The summed E-state index contributed by atoms with van der Waals surface area (Å²) in [6.07, 6.45) is 3.18. The van der Waals surface area contributed by atoms with Gasteiger partial charge in [0.1, 0.15) is 11.9 Å². The summed E-state index contributed by atoms with van der Waals surface area (Å²) in [5.41, 5.74) is 5.29. The van der Waals surface area contributed by atoms with Crippen LogP contribution in [0.15, 0.2) is 29.2 Å². The van der Waals surface area contributed by atoms with Crippen LogP contribution < -0.4 is 21.1 Å². The third-order valence-corrected chi connectivity index (χ3v) is 8.02. The molecule has 2 saturated heterocycles. The summed E-state index contributed by atoms with van der Waals surface area (Å²) in [7, 11) is -4.04. The average molecular weight is 467 g/mol. The fourth-order valence-corrected chi connectivity index (χ4v) is 5.75. The number of hydrogen-bond donors (Lipinski definition) is 3. The van der Waals surface area contributed by atoms with Gasteiger partial charge in [-0.3, -0.25) is 9.59 Å². The van der Waals surface area contributed by atoms with Crippen LogP contribution in [0, 0.1) is 5.92 Å². The molecule has 4 N–H and O–H groups in total. The molecule has 0 bridgehead atoms. The summed E-state index contributed by atoms with van der Waals surface area (Å²) in [4.78, 5) is 24.5. The molecule has 2 fully saturated rings. The van der Waals surface area contributed by atoms with Crippen molar-refractivity contribution in [2.24, 2.45) is 11.7 Å². The molecule has 0 unspecified atom stereocenters. The molecule has 32 heavy (non-hydrogen) atoms. The normalized spacial score (nSPS) is 19.3. The topological polar surface area (TPSA) is 131 Å². The number of hydrogen-bond acceptors (Lipinski definition) is 7. The maximum atomic E-state index is 13.5. The molecule has 178 valence electrons. The molecule has 2 aliphatic rings. The van der Waals surface area contributed by atoms with Crippen LogP contribution >= 0.6 is 0 Å². The number of rotatable bonds is 9. The van der Waals surface area contributed by atoms with Crippen molar-refractivity contribution in [3.8, 4) is 5.75 Å². The molecule has 2 amide bonds. The van der Waals surface area contributed by atoms with Crippen LogP contribution in [-0.4, -0.2) is 62.9 Å². The SMILES string of the molecule is C[C@@H](CCC(=O)N(C1CCNCC1)S(=O)(=O)c1ccc(OC2CCNCC2)cc1)C(N)=O. The molecule has 10 heteroatoms.